The number of amides is 2. The summed E-state index contributed by atoms with van der Waals surface area (Å²) in [4.78, 5) is 26.2. The van der Waals surface area contributed by atoms with E-state index in [0.717, 1.165) is 24.1 Å². The van der Waals surface area contributed by atoms with Crippen LogP contribution in [0.15, 0.2) is 54.6 Å². The maximum Gasteiger partial charge on any atom is 0.246 e. The van der Waals surface area contributed by atoms with Crippen LogP contribution in [0.4, 0.5) is 5.69 Å². The van der Waals surface area contributed by atoms with Crippen molar-refractivity contribution in [2.24, 2.45) is 0 Å². The maximum atomic E-state index is 12.5. The van der Waals surface area contributed by atoms with Crippen molar-refractivity contribution < 1.29 is 14.7 Å². The lowest BCUT2D eigenvalue weighted by atomic mass is 10.0. The number of aryl methyl sites for hydroxylation is 1. The molecule has 1 atom stereocenters. The van der Waals surface area contributed by atoms with Crippen molar-refractivity contribution >= 4 is 17.5 Å². The van der Waals surface area contributed by atoms with Crippen molar-refractivity contribution in [1.29, 1.82) is 0 Å². The Morgan fingerprint density at radius 2 is 1.80 bits per heavy atom. The van der Waals surface area contributed by atoms with Gasteiger partial charge in [-0.2, -0.15) is 0 Å². The van der Waals surface area contributed by atoms with Crippen LogP contribution in [0.25, 0.3) is 0 Å². The smallest absolute Gasteiger partial charge is 0.246 e. The first-order chi connectivity index (χ1) is 12.1. The number of nitrogens with zero attached hydrogens (tertiary/aromatic N) is 1. The molecule has 5 nitrogen and oxygen atoms in total. The zero-order chi connectivity index (χ0) is 17.6. The molecule has 130 valence electrons. The van der Waals surface area contributed by atoms with Gasteiger partial charge in [-0.3, -0.25) is 9.59 Å². The lowest BCUT2D eigenvalue weighted by Crippen LogP contribution is -2.42. The van der Waals surface area contributed by atoms with E-state index in [4.69, 9.17) is 0 Å². The van der Waals surface area contributed by atoms with E-state index in [1.807, 2.05) is 42.5 Å². The molecule has 5 heteroatoms. The minimum atomic E-state index is -0.869. The molecule has 0 bridgehead atoms. The van der Waals surface area contributed by atoms with Gasteiger partial charge in [-0.1, -0.05) is 48.5 Å². The summed E-state index contributed by atoms with van der Waals surface area (Å²) in [7, 11) is 0. The fourth-order valence-corrected chi connectivity index (χ4v) is 3.10. The monoisotopic (exact) mass is 338 g/mol. The lowest BCUT2D eigenvalue weighted by Gasteiger charge is -2.29. The number of benzene rings is 2. The number of anilines is 1. The van der Waals surface area contributed by atoms with Gasteiger partial charge in [0.05, 0.1) is 19.1 Å². The first-order valence-corrected chi connectivity index (χ1v) is 8.53. The molecule has 25 heavy (non-hydrogen) atoms. The highest BCUT2D eigenvalue weighted by Gasteiger charge is 2.22. The Morgan fingerprint density at radius 3 is 2.60 bits per heavy atom. The summed E-state index contributed by atoms with van der Waals surface area (Å²) in [6.45, 7) is 0.604. The molecule has 2 amide bonds. The minimum absolute atomic E-state index is 0.0608. The average molecular weight is 338 g/mol. The molecule has 1 heterocycles. The number of hydrogen-bond donors (Lipinski definition) is 2. The Morgan fingerprint density at radius 1 is 1.08 bits per heavy atom. The van der Waals surface area contributed by atoms with E-state index in [0.29, 0.717) is 12.1 Å². The minimum Gasteiger partial charge on any atom is -0.388 e. The summed E-state index contributed by atoms with van der Waals surface area (Å²) < 4.78 is 0. The van der Waals surface area contributed by atoms with Gasteiger partial charge in [-0.15, -0.1) is 0 Å². The molecule has 0 aromatic heterocycles. The largest absolute Gasteiger partial charge is 0.388 e. The Kier molecular flexibility index (Phi) is 5.46. The standard InChI is InChI=1S/C20H22N2O3/c23-18(16-8-2-1-3-9-16)13-19(24)21-14-20(25)22-12-6-10-15-7-4-5-11-17(15)22/h1-5,7-9,11,18,23H,6,10,12-14H2,(H,21,24). The van der Waals surface area contributed by atoms with Crippen LogP contribution in [-0.2, 0) is 16.0 Å². The summed E-state index contributed by atoms with van der Waals surface area (Å²) in [5.74, 6) is -0.468. The predicted octanol–water partition coefficient (Wildman–Crippen LogP) is 2.21. The molecule has 1 aliphatic heterocycles. The normalized spacial score (nSPS) is 14.5. The van der Waals surface area contributed by atoms with Crippen molar-refractivity contribution in [3.63, 3.8) is 0 Å². The number of para-hydroxylation sites is 1. The molecule has 0 spiro atoms. The highest BCUT2D eigenvalue weighted by molar-refractivity contribution is 5.97. The van der Waals surface area contributed by atoms with Gasteiger partial charge < -0.3 is 15.3 Å². The van der Waals surface area contributed by atoms with Crippen LogP contribution in [0.1, 0.15) is 30.1 Å². The second kappa shape index (κ2) is 7.94. The van der Waals surface area contributed by atoms with Crippen molar-refractivity contribution in [2.75, 3.05) is 18.0 Å². The number of carbonyl (C=O) groups excluding carboxylic acids is 2. The van der Waals surface area contributed by atoms with E-state index in [-0.39, 0.29) is 24.8 Å². The number of fused-ring (bicyclic) bond motifs is 1. The summed E-state index contributed by atoms with van der Waals surface area (Å²) in [5.41, 5.74) is 2.78. The van der Waals surface area contributed by atoms with Gasteiger partial charge in [0.1, 0.15) is 0 Å². The quantitative estimate of drug-likeness (QED) is 0.878. The first kappa shape index (κ1) is 17.2. The number of rotatable bonds is 5. The topological polar surface area (TPSA) is 69.6 Å². The lowest BCUT2D eigenvalue weighted by molar-refractivity contribution is -0.126. The Balaban J connectivity index is 1.53. The zero-order valence-corrected chi connectivity index (χ0v) is 14.0. The zero-order valence-electron chi connectivity index (χ0n) is 14.0. The molecule has 0 saturated heterocycles. The van der Waals surface area contributed by atoms with Gasteiger partial charge in [0.25, 0.3) is 0 Å². The molecular formula is C20H22N2O3. The fraction of sp³-hybridized carbons (Fsp3) is 0.300. The number of nitrogens with one attached hydrogen (secondary N) is 1. The highest BCUT2D eigenvalue weighted by atomic mass is 16.3. The number of aliphatic hydroxyl groups excluding tert-OH is 1. The molecule has 2 N–H and O–H groups in total. The Bertz CT molecular complexity index is 746. The van der Waals surface area contributed by atoms with E-state index in [2.05, 4.69) is 5.32 Å². The average Bonchev–Trinajstić information content (AvgIpc) is 2.66. The third kappa shape index (κ3) is 4.25. The molecule has 1 aliphatic rings. The van der Waals surface area contributed by atoms with Crippen LogP contribution in [0.5, 0.6) is 0 Å². The molecule has 2 aromatic rings. The van der Waals surface area contributed by atoms with E-state index >= 15 is 0 Å². The summed E-state index contributed by atoms with van der Waals surface area (Å²) >= 11 is 0. The SMILES string of the molecule is O=C(CC(O)c1ccccc1)NCC(=O)N1CCCc2ccccc21. The molecule has 0 aliphatic carbocycles. The first-order valence-electron chi connectivity index (χ1n) is 8.53. The summed E-state index contributed by atoms with van der Waals surface area (Å²) in [5, 5.41) is 12.7. The third-order valence-electron chi connectivity index (χ3n) is 4.41. The van der Waals surface area contributed by atoms with Gasteiger partial charge in [0, 0.05) is 12.2 Å². The van der Waals surface area contributed by atoms with Crippen LogP contribution in [0, 0.1) is 0 Å². The predicted molar refractivity (Wildman–Crippen MR) is 96.1 cm³/mol. The van der Waals surface area contributed by atoms with Crippen LogP contribution in [0.3, 0.4) is 0 Å². The molecule has 2 aromatic carbocycles. The molecular weight excluding hydrogens is 316 g/mol. The van der Waals surface area contributed by atoms with Crippen molar-refractivity contribution in [3.8, 4) is 0 Å². The van der Waals surface area contributed by atoms with Crippen molar-refractivity contribution in [3.05, 3.63) is 65.7 Å². The van der Waals surface area contributed by atoms with Gasteiger partial charge in [0.15, 0.2) is 0 Å². The summed E-state index contributed by atoms with van der Waals surface area (Å²) in [6, 6.07) is 16.9. The number of aliphatic hydroxyl groups is 1. The molecule has 3 rings (SSSR count). The second-order valence-electron chi connectivity index (χ2n) is 6.18. The molecule has 0 saturated carbocycles. The van der Waals surface area contributed by atoms with Crippen LogP contribution in [0.2, 0.25) is 0 Å². The number of hydrogen-bond acceptors (Lipinski definition) is 3. The van der Waals surface area contributed by atoms with Gasteiger partial charge in [0.2, 0.25) is 11.8 Å². The van der Waals surface area contributed by atoms with Crippen molar-refractivity contribution in [1.82, 2.24) is 5.32 Å². The van der Waals surface area contributed by atoms with E-state index in [1.54, 1.807) is 17.0 Å². The van der Waals surface area contributed by atoms with Crippen LogP contribution >= 0.6 is 0 Å². The Hall–Kier alpha value is -2.66. The van der Waals surface area contributed by atoms with E-state index < -0.39 is 6.10 Å². The highest BCUT2D eigenvalue weighted by Crippen LogP contribution is 2.26. The summed E-state index contributed by atoms with van der Waals surface area (Å²) in [6.07, 6.45) is 0.958. The van der Waals surface area contributed by atoms with Crippen molar-refractivity contribution in [2.45, 2.75) is 25.4 Å². The Labute approximate surface area is 147 Å². The van der Waals surface area contributed by atoms with Gasteiger partial charge in [-0.25, -0.2) is 0 Å². The van der Waals surface area contributed by atoms with Crippen LogP contribution < -0.4 is 10.2 Å². The van der Waals surface area contributed by atoms with Crippen LogP contribution in [-0.4, -0.2) is 30.0 Å². The maximum absolute atomic E-state index is 12.5. The van der Waals surface area contributed by atoms with E-state index in [1.165, 1.54) is 0 Å². The van der Waals surface area contributed by atoms with E-state index in [9.17, 15) is 14.7 Å². The molecule has 0 fully saturated rings. The van der Waals surface area contributed by atoms with Gasteiger partial charge >= 0.3 is 0 Å². The third-order valence-corrected chi connectivity index (χ3v) is 4.41. The number of carbonyl (C=O) groups is 2. The van der Waals surface area contributed by atoms with Gasteiger partial charge in [-0.05, 0) is 30.0 Å². The molecule has 0 radical (unpaired) electrons. The molecule has 1 unspecified atom stereocenters. The second-order valence-corrected chi connectivity index (χ2v) is 6.18. The fourth-order valence-electron chi connectivity index (χ4n) is 3.10.